The van der Waals surface area contributed by atoms with Crippen LogP contribution in [0.4, 0.5) is 14.9 Å². The van der Waals surface area contributed by atoms with Gasteiger partial charge in [-0.1, -0.05) is 41.5 Å². The maximum absolute atomic E-state index is 13.4. The quantitative estimate of drug-likeness (QED) is 0.506. The number of hydrogen-bond acceptors (Lipinski definition) is 4. The first-order chi connectivity index (χ1) is 15.1. The molecule has 7 heteroatoms. The van der Waals surface area contributed by atoms with E-state index in [0.717, 1.165) is 21.9 Å². The molecule has 1 heterocycles. The minimum atomic E-state index is -0.815. The second-order valence-electron chi connectivity index (χ2n) is 10.3. The number of halogens is 1. The monoisotopic (exact) mass is 452 g/mol. The molecule has 1 saturated heterocycles. The van der Waals surface area contributed by atoms with Crippen molar-refractivity contribution in [1.82, 2.24) is 4.90 Å². The van der Waals surface area contributed by atoms with Crippen LogP contribution in [-0.2, 0) is 20.4 Å². The topological polar surface area (TPSA) is 77.9 Å². The highest BCUT2D eigenvalue weighted by Crippen LogP contribution is 2.40. The highest BCUT2D eigenvalue weighted by Gasteiger charge is 2.41. The van der Waals surface area contributed by atoms with Crippen LogP contribution < -0.4 is 4.90 Å². The van der Waals surface area contributed by atoms with Crippen molar-refractivity contribution in [3.63, 3.8) is 0 Å². The van der Waals surface area contributed by atoms with Crippen molar-refractivity contribution >= 4 is 29.6 Å². The maximum atomic E-state index is 13.4. The Balaban J connectivity index is 2.20. The molecule has 0 unspecified atom stereocenters. The van der Waals surface area contributed by atoms with Crippen molar-refractivity contribution in [3.8, 4) is 5.75 Å². The van der Waals surface area contributed by atoms with Crippen molar-refractivity contribution < 1.29 is 23.9 Å². The zero-order valence-electron chi connectivity index (χ0n) is 20.0. The number of carbonyl (C=O) groups excluding carboxylic acids is 3. The van der Waals surface area contributed by atoms with Gasteiger partial charge in [-0.25, -0.2) is 14.1 Å². The molecule has 4 amide bonds. The number of benzene rings is 2. The van der Waals surface area contributed by atoms with Crippen molar-refractivity contribution in [2.75, 3.05) is 11.9 Å². The van der Waals surface area contributed by atoms with E-state index in [1.54, 1.807) is 12.1 Å². The van der Waals surface area contributed by atoms with Crippen LogP contribution >= 0.6 is 0 Å². The van der Waals surface area contributed by atoms with Gasteiger partial charge >= 0.3 is 6.03 Å². The Morgan fingerprint density at radius 2 is 1.33 bits per heavy atom. The Morgan fingerprint density at radius 1 is 0.848 bits per heavy atom. The summed E-state index contributed by atoms with van der Waals surface area (Å²) in [5.41, 5.74) is 1.08. The summed E-state index contributed by atoms with van der Waals surface area (Å²) in [5.74, 6) is -1.86. The molecule has 0 radical (unpaired) electrons. The fourth-order valence-corrected chi connectivity index (χ4v) is 3.71. The van der Waals surface area contributed by atoms with Gasteiger partial charge in [0.15, 0.2) is 0 Å². The van der Waals surface area contributed by atoms with E-state index in [2.05, 4.69) is 0 Å². The minimum Gasteiger partial charge on any atom is -0.507 e. The van der Waals surface area contributed by atoms with Gasteiger partial charge in [0.2, 0.25) is 0 Å². The van der Waals surface area contributed by atoms with E-state index in [9.17, 15) is 23.9 Å². The number of carbonyl (C=O) groups is 3. The molecule has 0 aliphatic carbocycles. The predicted molar refractivity (Wildman–Crippen MR) is 126 cm³/mol. The van der Waals surface area contributed by atoms with Crippen molar-refractivity contribution in [1.29, 1.82) is 0 Å². The molecule has 0 bridgehead atoms. The summed E-state index contributed by atoms with van der Waals surface area (Å²) in [6.07, 6.45) is 1.44. The molecule has 0 atom stereocenters. The van der Waals surface area contributed by atoms with Gasteiger partial charge in [-0.05, 0) is 58.9 Å². The fraction of sp³-hybridized carbons (Fsp3) is 0.346. The Morgan fingerprint density at radius 3 is 1.79 bits per heavy atom. The Hall–Kier alpha value is -3.48. The van der Waals surface area contributed by atoms with Gasteiger partial charge in [-0.15, -0.1) is 0 Å². The SMILES string of the molecule is CN1C(=O)/C(=C/c2cc(C(C)(C)C)c(O)c(C(C)(C)C)c2)C(=O)N(c2ccc(F)cc2)C1=O. The van der Waals surface area contributed by atoms with E-state index in [1.165, 1.54) is 25.3 Å². The zero-order chi connectivity index (χ0) is 24.9. The van der Waals surface area contributed by atoms with Gasteiger partial charge in [0, 0.05) is 18.2 Å². The summed E-state index contributed by atoms with van der Waals surface area (Å²) in [4.78, 5) is 40.6. The number of amides is 4. The lowest BCUT2D eigenvalue weighted by atomic mass is 9.78. The van der Waals surface area contributed by atoms with Crippen LogP contribution in [0.15, 0.2) is 42.0 Å². The van der Waals surface area contributed by atoms with Crippen LogP contribution in [0.5, 0.6) is 5.75 Å². The molecule has 0 aromatic heterocycles. The molecule has 0 saturated carbocycles. The van der Waals surface area contributed by atoms with Crippen molar-refractivity contribution in [2.24, 2.45) is 0 Å². The van der Waals surface area contributed by atoms with Gasteiger partial charge in [0.05, 0.1) is 5.69 Å². The number of anilines is 1. The van der Waals surface area contributed by atoms with Crippen LogP contribution in [0.1, 0.15) is 58.2 Å². The van der Waals surface area contributed by atoms with E-state index in [4.69, 9.17) is 0 Å². The number of rotatable bonds is 2. The second-order valence-corrected chi connectivity index (χ2v) is 10.3. The average Bonchev–Trinajstić information content (AvgIpc) is 2.70. The lowest BCUT2D eigenvalue weighted by Gasteiger charge is -2.32. The molecule has 174 valence electrons. The summed E-state index contributed by atoms with van der Waals surface area (Å²) >= 11 is 0. The predicted octanol–water partition coefficient (Wildman–Crippen LogP) is 5.13. The first-order valence-electron chi connectivity index (χ1n) is 10.6. The van der Waals surface area contributed by atoms with E-state index >= 15 is 0 Å². The summed E-state index contributed by atoms with van der Waals surface area (Å²) in [6.45, 7) is 11.8. The molecule has 1 aliphatic heterocycles. The highest BCUT2D eigenvalue weighted by molar-refractivity contribution is 6.39. The number of phenols is 1. The van der Waals surface area contributed by atoms with Gasteiger partial charge < -0.3 is 5.11 Å². The van der Waals surface area contributed by atoms with Crippen molar-refractivity contribution in [3.05, 3.63) is 64.5 Å². The molecule has 2 aromatic rings. The smallest absolute Gasteiger partial charge is 0.338 e. The molecule has 1 fully saturated rings. The zero-order valence-corrected chi connectivity index (χ0v) is 20.0. The second kappa shape index (κ2) is 8.14. The average molecular weight is 453 g/mol. The van der Waals surface area contributed by atoms with Gasteiger partial charge in [-0.2, -0.15) is 0 Å². The molecule has 6 nitrogen and oxygen atoms in total. The fourth-order valence-electron chi connectivity index (χ4n) is 3.71. The first-order valence-corrected chi connectivity index (χ1v) is 10.6. The molecular weight excluding hydrogens is 423 g/mol. The summed E-state index contributed by atoms with van der Waals surface area (Å²) < 4.78 is 13.4. The molecule has 1 N–H and O–H groups in total. The molecule has 1 aliphatic rings. The van der Waals surface area contributed by atoms with Crippen LogP contribution in [0.25, 0.3) is 6.08 Å². The Labute approximate surface area is 193 Å². The molecule has 33 heavy (non-hydrogen) atoms. The van der Waals surface area contributed by atoms with E-state index < -0.39 is 34.5 Å². The number of likely N-dealkylation sites (N-methyl/N-ethyl adjacent to an activating group) is 1. The number of barbiturate groups is 1. The van der Waals surface area contributed by atoms with Crippen LogP contribution in [0.3, 0.4) is 0 Å². The maximum Gasteiger partial charge on any atom is 0.338 e. The first kappa shape index (κ1) is 24.2. The molecule has 3 rings (SSSR count). The summed E-state index contributed by atoms with van der Waals surface area (Å²) in [5, 5.41) is 10.9. The van der Waals surface area contributed by atoms with E-state index in [-0.39, 0.29) is 17.0 Å². The normalized spacial score (nSPS) is 16.7. The molecular formula is C26H29FN2O4. The third-order valence-electron chi connectivity index (χ3n) is 5.59. The largest absolute Gasteiger partial charge is 0.507 e. The van der Waals surface area contributed by atoms with E-state index in [0.29, 0.717) is 16.7 Å². The van der Waals surface area contributed by atoms with Crippen molar-refractivity contribution in [2.45, 2.75) is 52.4 Å². The van der Waals surface area contributed by atoms with E-state index in [1.807, 2.05) is 41.5 Å². The van der Waals surface area contributed by atoms with Crippen LogP contribution in [-0.4, -0.2) is 34.9 Å². The number of nitrogens with zero attached hydrogens (tertiary/aromatic N) is 2. The number of imide groups is 2. The van der Waals surface area contributed by atoms with Gasteiger partial charge in [0.1, 0.15) is 17.1 Å². The van der Waals surface area contributed by atoms with Gasteiger partial charge in [-0.3, -0.25) is 14.5 Å². The van der Waals surface area contributed by atoms with Crippen LogP contribution in [0.2, 0.25) is 0 Å². The Bertz CT molecular complexity index is 1130. The number of aromatic hydroxyl groups is 1. The third kappa shape index (κ3) is 4.53. The van der Waals surface area contributed by atoms with Crippen LogP contribution in [0, 0.1) is 5.82 Å². The Kier molecular flexibility index (Phi) is 5.96. The lowest BCUT2D eigenvalue weighted by molar-refractivity contribution is -0.128. The minimum absolute atomic E-state index is 0.160. The molecule has 0 spiro atoms. The number of phenolic OH excluding ortho intramolecular Hbond substituents is 1. The molecule has 2 aromatic carbocycles. The highest BCUT2D eigenvalue weighted by atomic mass is 19.1. The third-order valence-corrected chi connectivity index (χ3v) is 5.59. The standard InChI is InChI=1S/C26H29FN2O4/c1-25(2,3)19-13-15(14-20(21(19)30)26(4,5)6)12-18-22(31)28(7)24(33)29(23(18)32)17-10-8-16(27)9-11-17/h8-14,30H,1-7H3/b18-12-. The number of urea groups is 1. The van der Waals surface area contributed by atoms with Gasteiger partial charge in [0.25, 0.3) is 11.8 Å². The number of hydrogen-bond donors (Lipinski definition) is 1. The summed E-state index contributed by atoms with van der Waals surface area (Å²) in [6, 6.07) is 7.57. The summed E-state index contributed by atoms with van der Waals surface area (Å²) in [7, 11) is 1.29. The lowest BCUT2D eigenvalue weighted by Crippen LogP contribution is -2.55.